The first kappa shape index (κ1) is 17.1. The maximum absolute atomic E-state index is 11.6. The van der Waals surface area contributed by atoms with Crippen LogP contribution in [0.25, 0.3) is 5.69 Å². The molecule has 1 heterocycles. The van der Waals surface area contributed by atoms with Gasteiger partial charge in [0.1, 0.15) is 0 Å². The third kappa shape index (κ3) is 3.55. The first-order chi connectivity index (χ1) is 11.5. The minimum Gasteiger partial charge on any atom is -0.504 e. The molecule has 0 aliphatic carbocycles. The highest BCUT2D eigenvalue weighted by atomic mass is 16.3. The van der Waals surface area contributed by atoms with E-state index in [2.05, 4.69) is 0 Å². The van der Waals surface area contributed by atoms with Crippen molar-refractivity contribution < 1.29 is 15.0 Å². The largest absolute Gasteiger partial charge is 0.504 e. The number of hydrogen-bond acceptors (Lipinski definition) is 4. The number of phenols is 2. The fraction of sp³-hybridized carbons (Fsp3) is 0.111. The van der Waals surface area contributed by atoms with Gasteiger partial charge in [-0.1, -0.05) is 24.3 Å². The summed E-state index contributed by atoms with van der Waals surface area (Å²) in [7, 11) is 1.88. The smallest absolute Gasteiger partial charge is 0.271 e. The Kier molecular flexibility index (Phi) is 5.21. The van der Waals surface area contributed by atoms with Gasteiger partial charge >= 0.3 is 0 Å². The van der Waals surface area contributed by atoms with Crippen molar-refractivity contribution in [2.45, 2.75) is 6.92 Å². The summed E-state index contributed by atoms with van der Waals surface area (Å²) in [6, 6.07) is 15.5. The van der Waals surface area contributed by atoms with Gasteiger partial charge in [0.2, 0.25) is 0 Å². The molecule has 3 rings (SSSR count). The van der Waals surface area contributed by atoms with Crippen LogP contribution in [-0.4, -0.2) is 25.9 Å². The number of carbonyl (C=O) groups is 1. The molecule has 2 aromatic carbocycles. The molecule has 0 fully saturated rings. The lowest BCUT2D eigenvalue weighted by molar-refractivity contribution is 0.112. The topological polar surface area (TPSA) is 84.5 Å². The fourth-order valence-corrected chi connectivity index (χ4v) is 2.15. The lowest BCUT2D eigenvalue weighted by Gasteiger charge is -2.07. The Bertz CT molecular complexity index is 895. The Morgan fingerprint density at radius 2 is 1.67 bits per heavy atom. The average molecular weight is 326 g/mol. The summed E-state index contributed by atoms with van der Waals surface area (Å²) in [5.74, 6) is -0.637. The van der Waals surface area contributed by atoms with E-state index in [1.54, 1.807) is 10.7 Å². The first-order valence-electron chi connectivity index (χ1n) is 7.23. The molecule has 0 unspecified atom stereocenters. The molecule has 6 heteroatoms. The summed E-state index contributed by atoms with van der Waals surface area (Å²) in [6.45, 7) is 1.92. The molecule has 2 N–H and O–H groups in total. The lowest BCUT2D eigenvalue weighted by atomic mass is 10.2. The molecule has 3 aromatic rings. The van der Waals surface area contributed by atoms with Crippen molar-refractivity contribution in [2.75, 3.05) is 0 Å². The van der Waals surface area contributed by atoms with Crippen LogP contribution in [0.4, 0.5) is 0 Å². The molecule has 0 amide bonds. The third-order valence-electron chi connectivity index (χ3n) is 3.53. The van der Waals surface area contributed by atoms with Gasteiger partial charge in [-0.2, -0.15) is 0 Å². The molecule has 0 atom stereocenters. The highest BCUT2D eigenvalue weighted by Crippen LogP contribution is 2.26. The van der Waals surface area contributed by atoms with E-state index in [9.17, 15) is 9.59 Å². The maximum Gasteiger partial charge on any atom is 0.271 e. The number of para-hydroxylation sites is 2. The van der Waals surface area contributed by atoms with E-state index in [1.165, 1.54) is 18.2 Å². The number of rotatable bonds is 2. The molecule has 0 spiro atoms. The van der Waals surface area contributed by atoms with Gasteiger partial charge in [-0.25, -0.2) is 4.68 Å². The summed E-state index contributed by atoms with van der Waals surface area (Å²) in [5.41, 5.74) is 1.96. The second-order valence-corrected chi connectivity index (χ2v) is 5.13. The Morgan fingerprint density at radius 3 is 2.17 bits per heavy atom. The van der Waals surface area contributed by atoms with E-state index < -0.39 is 0 Å². The van der Waals surface area contributed by atoms with Crippen LogP contribution >= 0.6 is 0 Å². The molecule has 0 saturated heterocycles. The minimum atomic E-state index is -0.363. The Morgan fingerprint density at radius 1 is 1.00 bits per heavy atom. The van der Waals surface area contributed by atoms with E-state index in [0.29, 0.717) is 6.29 Å². The van der Waals surface area contributed by atoms with Crippen molar-refractivity contribution in [1.29, 1.82) is 0 Å². The maximum atomic E-state index is 11.6. The molecule has 124 valence electrons. The van der Waals surface area contributed by atoms with Crippen LogP contribution < -0.4 is 5.56 Å². The van der Waals surface area contributed by atoms with Crippen LogP contribution in [0.5, 0.6) is 11.5 Å². The molecule has 0 radical (unpaired) electrons. The monoisotopic (exact) mass is 326 g/mol. The van der Waals surface area contributed by atoms with Crippen molar-refractivity contribution in [3.63, 3.8) is 0 Å². The van der Waals surface area contributed by atoms with Crippen LogP contribution in [0.3, 0.4) is 0 Å². The van der Waals surface area contributed by atoms with E-state index >= 15 is 0 Å². The Labute approximate surface area is 138 Å². The second-order valence-electron chi connectivity index (χ2n) is 5.13. The number of carbonyl (C=O) groups excluding carboxylic acids is 1. The van der Waals surface area contributed by atoms with Gasteiger partial charge in [-0.3, -0.25) is 14.3 Å². The first-order valence-corrected chi connectivity index (χ1v) is 7.23. The van der Waals surface area contributed by atoms with Gasteiger partial charge in [0, 0.05) is 18.8 Å². The van der Waals surface area contributed by atoms with Crippen molar-refractivity contribution >= 4 is 6.29 Å². The van der Waals surface area contributed by atoms with Crippen LogP contribution in [0.1, 0.15) is 16.1 Å². The zero-order valence-corrected chi connectivity index (χ0v) is 13.4. The van der Waals surface area contributed by atoms with E-state index in [0.717, 1.165) is 11.4 Å². The van der Waals surface area contributed by atoms with E-state index in [4.69, 9.17) is 10.2 Å². The number of benzene rings is 2. The van der Waals surface area contributed by atoms with Crippen molar-refractivity contribution in [2.24, 2.45) is 7.05 Å². The predicted molar refractivity (Wildman–Crippen MR) is 90.9 cm³/mol. The summed E-state index contributed by atoms with van der Waals surface area (Å²) in [4.78, 5) is 21.7. The second kappa shape index (κ2) is 7.32. The minimum absolute atomic E-state index is 0.0104. The number of hydrogen-bond donors (Lipinski definition) is 2. The number of phenolic OH excluding ortho intramolecular Hbond substituents is 2. The van der Waals surface area contributed by atoms with Crippen molar-refractivity contribution in [3.8, 4) is 17.2 Å². The lowest BCUT2D eigenvalue weighted by Crippen LogP contribution is -2.18. The number of aromatic hydroxyl groups is 2. The van der Waals surface area contributed by atoms with E-state index in [-0.39, 0.29) is 22.6 Å². The quantitative estimate of drug-likeness (QED) is 0.559. The zero-order valence-electron chi connectivity index (χ0n) is 13.4. The summed E-state index contributed by atoms with van der Waals surface area (Å²) < 4.78 is 3.49. The SMILES string of the molecule is Cc1cc(=O)n(-c2ccccc2)n1C.O=Cc1cccc(O)c1O. The van der Waals surface area contributed by atoms with E-state index in [1.807, 2.05) is 49.0 Å². The molecule has 0 bridgehead atoms. The normalized spacial score (nSPS) is 9.92. The number of aldehydes is 1. The molecule has 0 aliphatic rings. The molecular formula is C18H18N2O4. The van der Waals surface area contributed by atoms with Crippen LogP contribution in [0.15, 0.2) is 59.4 Å². The number of aromatic nitrogens is 2. The number of nitrogens with zero attached hydrogens (tertiary/aromatic N) is 2. The van der Waals surface area contributed by atoms with Gasteiger partial charge in [-0.05, 0) is 31.2 Å². The fourth-order valence-electron chi connectivity index (χ4n) is 2.15. The van der Waals surface area contributed by atoms with Gasteiger partial charge in [0.25, 0.3) is 5.56 Å². The highest BCUT2D eigenvalue weighted by molar-refractivity contribution is 5.80. The van der Waals surface area contributed by atoms with Gasteiger partial charge < -0.3 is 10.2 Å². The molecular weight excluding hydrogens is 308 g/mol. The zero-order chi connectivity index (χ0) is 17.7. The van der Waals surface area contributed by atoms with Crippen molar-refractivity contribution in [1.82, 2.24) is 9.36 Å². The van der Waals surface area contributed by atoms with Crippen LogP contribution in [0.2, 0.25) is 0 Å². The highest BCUT2D eigenvalue weighted by Gasteiger charge is 2.05. The third-order valence-corrected chi connectivity index (χ3v) is 3.53. The molecule has 24 heavy (non-hydrogen) atoms. The van der Waals surface area contributed by atoms with Gasteiger partial charge in [-0.15, -0.1) is 0 Å². The van der Waals surface area contributed by atoms with Crippen LogP contribution in [0, 0.1) is 6.92 Å². The molecule has 0 aliphatic heterocycles. The van der Waals surface area contributed by atoms with Crippen molar-refractivity contribution in [3.05, 3.63) is 76.2 Å². The standard InChI is InChI=1S/C11H12N2O.C7H6O3/c1-9-8-11(14)13(12(9)2)10-6-4-3-5-7-10;8-4-5-2-1-3-6(9)7(5)10/h3-8H,1-2H3;1-4,9-10H. The molecule has 6 nitrogen and oxygen atoms in total. The van der Waals surface area contributed by atoms with Gasteiger partial charge in [0.05, 0.1) is 11.3 Å². The van der Waals surface area contributed by atoms with Crippen LogP contribution in [-0.2, 0) is 7.05 Å². The summed E-state index contributed by atoms with van der Waals surface area (Å²) in [6.07, 6.45) is 0.481. The summed E-state index contributed by atoms with van der Waals surface area (Å²) in [5, 5.41) is 17.7. The van der Waals surface area contributed by atoms with Gasteiger partial charge in [0.15, 0.2) is 17.8 Å². The summed E-state index contributed by atoms with van der Waals surface area (Å²) >= 11 is 0. The number of aryl methyl sites for hydroxylation is 1. The molecule has 0 saturated carbocycles. The predicted octanol–water partition coefficient (Wildman–Crippen LogP) is 2.39. The average Bonchev–Trinajstić information content (AvgIpc) is 2.84. The Balaban J connectivity index is 0.000000185. The molecule has 1 aromatic heterocycles. The Hall–Kier alpha value is -3.28.